The molecule has 0 aliphatic heterocycles. The van der Waals surface area contributed by atoms with Crippen LogP contribution in [0, 0.1) is 6.92 Å². The largest absolute Gasteiger partial charge is 0.327 e. The summed E-state index contributed by atoms with van der Waals surface area (Å²) in [4.78, 5) is 2.16. The van der Waals surface area contributed by atoms with E-state index in [-0.39, 0.29) is 6.04 Å². The molecule has 0 radical (unpaired) electrons. The standard InChI is InChI=1S/C17H19Cl2NS/c1-3-14(20)9-12-8-11(2)4-7-16(12)21-17-10-13(18)5-6-15(17)19/h4-8,10,14H,3,9,20H2,1-2H3. The SMILES string of the molecule is CCC(N)Cc1cc(C)ccc1Sc1cc(Cl)ccc1Cl. The van der Waals surface area contributed by atoms with Gasteiger partial charge in [-0.15, -0.1) is 0 Å². The van der Waals surface area contributed by atoms with Crippen LogP contribution in [0.15, 0.2) is 46.2 Å². The Labute approximate surface area is 140 Å². The van der Waals surface area contributed by atoms with Crippen LogP contribution in [0.2, 0.25) is 10.0 Å². The molecule has 0 aliphatic carbocycles. The number of aryl methyl sites for hydroxylation is 1. The molecule has 0 fully saturated rings. The highest BCUT2D eigenvalue weighted by Crippen LogP contribution is 2.37. The summed E-state index contributed by atoms with van der Waals surface area (Å²) in [5.74, 6) is 0. The Morgan fingerprint density at radius 3 is 2.57 bits per heavy atom. The van der Waals surface area contributed by atoms with Crippen LogP contribution in [0.4, 0.5) is 0 Å². The van der Waals surface area contributed by atoms with E-state index >= 15 is 0 Å². The van der Waals surface area contributed by atoms with Gasteiger partial charge in [0.25, 0.3) is 0 Å². The van der Waals surface area contributed by atoms with Crippen LogP contribution in [-0.2, 0) is 6.42 Å². The van der Waals surface area contributed by atoms with Crippen LogP contribution >= 0.6 is 35.0 Å². The predicted octanol–water partition coefficient (Wildman–Crippen LogP) is 5.73. The van der Waals surface area contributed by atoms with E-state index in [4.69, 9.17) is 28.9 Å². The van der Waals surface area contributed by atoms with Gasteiger partial charge >= 0.3 is 0 Å². The first kappa shape index (κ1) is 16.7. The minimum absolute atomic E-state index is 0.181. The molecular formula is C17H19Cl2NS. The average molecular weight is 340 g/mol. The third-order valence-corrected chi connectivity index (χ3v) is 5.19. The number of rotatable bonds is 5. The van der Waals surface area contributed by atoms with Crippen LogP contribution in [0.1, 0.15) is 24.5 Å². The Balaban J connectivity index is 2.32. The number of hydrogen-bond acceptors (Lipinski definition) is 2. The highest BCUT2D eigenvalue weighted by atomic mass is 35.5. The molecule has 1 unspecified atom stereocenters. The molecular weight excluding hydrogens is 321 g/mol. The lowest BCUT2D eigenvalue weighted by Crippen LogP contribution is -2.21. The Hall–Kier alpha value is -0.670. The van der Waals surface area contributed by atoms with Crippen molar-refractivity contribution in [2.75, 3.05) is 0 Å². The maximum atomic E-state index is 6.26. The van der Waals surface area contributed by atoms with Crippen molar-refractivity contribution >= 4 is 35.0 Å². The number of hydrogen-bond donors (Lipinski definition) is 1. The maximum Gasteiger partial charge on any atom is 0.0546 e. The Morgan fingerprint density at radius 2 is 1.86 bits per heavy atom. The van der Waals surface area contributed by atoms with Crippen LogP contribution in [0.25, 0.3) is 0 Å². The van der Waals surface area contributed by atoms with Gasteiger partial charge in [-0.25, -0.2) is 0 Å². The van der Waals surface area contributed by atoms with Gasteiger partial charge in [0, 0.05) is 20.9 Å². The number of nitrogens with two attached hydrogens (primary N) is 1. The smallest absolute Gasteiger partial charge is 0.0546 e. The Morgan fingerprint density at radius 1 is 1.10 bits per heavy atom. The molecule has 21 heavy (non-hydrogen) atoms. The number of halogens is 2. The molecule has 4 heteroatoms. The van der Waals surface area contributed by atoms with E-state index in [2.05, 4.69) is 32.0 Å². The fourth-order valence-corrected chi connectivity index (χ4v) is 3.54. The summed E-state index contributed by atoms with van der Waals surface area (Å²) >= 11 is 14.0. The summed E-state index contributed by atoms with van der Waals surface area (Å²) < 4.78 is 0. The predicted molar refractivity (Wildman–Crippen MR) is 93.7 cm³/mol. The fraction of sp³-hybridized carbons (Fsp3) is 0.294. The monoisotopic (exact) mass is 339 g/mol. The molecule has 0 amide bonds. The van der Waals surface area contributed by atoms with E-state index in [0.717, 1.165) is 22.8 Å². The van der Waals surface area contributed by atoms with E-state index < -0.39 is 0 Å². The second-order valence-electron chi connectivity index (χ2n) is 5.16. The third-order valence-electron chi connectivity index (χ3n) is 3.34. The van der Waals surface area contributed by atoms with Gasteiger partial charge in [0.2, 0.25) is 0 Å². The zero-order valence-corrected chi connectivity index (χ0v) is 14.5. The van der Waals surface area contributed by atoms with Crippen LogP contribution < -0.4 is 5.73 Å². The van der Waals surface area contributed by atoms with Gasteiger partial charge in [-0.3, -0.25) is 0 Å². The summed E-state index contributed by atoms with van der Waals surface area (Å²) in [5.41, 5.74) is 8.63. The summed E-state index contributed by atoms with van der Waals surface area (Å²) in [6.45, 7) is 4.21. The van der Waals surface area contributed by atoms with Gasteiger partial charge in [0.05, 0.1) is 5.02 Å². The molecule has 1 atom stereocenters. The third kappa shape index (κ3) is 4.65. The van der Waals surface area contributed by atoms with Crippen molar-refractivity contribution in [3.05, 3.63) is 57.6 Å². The molecule has 0 aliphatic rings. The fourth-order valence-electron chi connectivity index (χ4n) is 2.07. The molecule has 2 rings (SSSR count). The molecule has 2 aromatic rings. The van der Waals surface area contributed by atoms with Crippen molar-refractivity contribution in [2.24, 2.45) is 5.73 Å². The molecule has 0 aromatic heterocycles. The van der Waals surface area contributed by atoms with Gasteiger partial charge in [-0.1, -0.05) is 59.6 Å². The second-order valence-corrected chi connectivity index (χ2v) is 7.09. The molecule has 1 nitrogen and oxygen atoms in total. The van der Waals surface area contributed by atoms with Crippen LogP contribution in [0.5, 0.6) is 0 Å². The first-order chi connectivity index (χ1) is 9.99. The molecule has 0 saturated carbocycles. The van der Waals surface area contributed by atoms with Crippen molar-refractivity contribution in [1.29, 1.82) is 0 Å². The summed E-state index contributed by atoms with van der Waals surface area (Å²) in [6, 6.07) is 12.2. The summed E-state index contributed by atoms with van der Waals surface area (Å²) in [6.07, 6.45) is 1.84. The van der Waals surface area contributed by atoms with Crippen molar-refractivity contribution in [3.8, 4) is 0 Å². The highest BCUT2D eigenvalue weighted by molar-refractivity contribution is 7.99. The molecule has 0 saturated heterocycles. The normalized spacial score (nSPS) is 12.4. The van der Waals surface area contributed by atoms with Crippen LogP contribution in [0.3, 0.4) is 0 Å². The molecule has 0 spiro atoms. The first-order valence-corrected chi connectivity index (χ1v) is 8.55. The van der Waals surface area contributed by atoms with Gasteiger partial charge in [-0.05, 0) is 49.6 Å². The molecule has 0 bridgehead atoms. The van der Waals surface area contributed by atoms with E-state index in [1.165, 1.54) is 16.0 Å². The topological polar surface area (TPSA) is 26.0 Å². The van der Waals surface area contributed by atoms with Crippen LogP contribution in [-0.4, -0.2) is 6.04 Å². The van der Waals surface area contributed by atoms with Gasteiger partial charge in [-0.2, -0.15) is 0 Å². The van der Waals surface area contributed by atoms with Crippen molar-refractivity contribution in [3.63, 3.8) is 0 Å². The van der Waals surface area contributed by atoms with E-state index in [0.29, 0.717) is 5.02 Å². The summed E-state index contributed by atoms with van der Waals surface area (Å²) in [7, 11) is 0. The first-order valence-electron chi connectivity index (χ1n) is 6.97. The molecule has 112 valence electrons. The van der Waals surface area contributed by atoms with E-state index in [1.807, 2.05) is 12.1 Å². The molecule has 2 N–H and O–H groups in total. The Bertz CT molecular complexity index is 628. The quantitative estimate of drug-likeness (QED) is 0.752. The lowest BCUT2D eigenvalue weighted by atomic mass is 10.0. The highest BCUT2D eigenvalue weighted by Gasteiger charge is 2.11. The maximum absolute atomic E-state index is 6.26. The van der Waals surface area contributed by atoms with Gasteiger partial charge in [0.1, 0.15) is 0 Å². The average Bonchev–Trinajstić information content (AvgIpc) is 2.45. The zero-order chi connectivity index (χ0) is 15.4. The number of benzene rings is 2. The van der Waals surface area contributed by atoms with Gasteiger partial charge in [0.15, 0.2) is 0 Å². The van der Waals surface area contributed by atoms with Gasteiger partial charge < -0.3 is 5.73 Å². The second kappa shape index (κ2) is 7.55. The summed E-state index contributed by atoms with van der Waals surface area (Å²) in [5, 5.41) is 1.41. The minimum atomic E-state index is 0.181. The molecule has 0 heterocycles. The lowest BCUT2D eigenvalue weighted by Gasteiger charge is -2.14. The minimum Gasteiger partial charge on any atom is -0.327 e. The molecule has 2 aromatic carbocycles. The van der Waals surface area contributed by atoms with Crippen molar-refractivity contribution in [1.82, 2.24) is 0 Å². The zero-order valence-electron chi connectivity index (χ0n) is 12.2. The van der Waals surface area contributed by atoms with Crippen molar-refractivity contribution < 1.29 is 0 Å². The Kier molecular flexibility index (Phi) is 6.00. The van der Waals surface area contributed by atoms with Crippen molar-refractivity contribution in [2.45, 2.75) is 42.5 Å². The van der Waals surface area contributed by atoms with E-state index in [9.17, 15) is 0 Å². The van der Waals surface area contributed by atoms with E-state index in [1.54, 1.807) is 17.8 Å². The lowest BCUT2D eigenvalue weighted by molar-refractivity contribution is 0.641.